The number of carbonyl (C=O) groups is 2. The molecule has 0 atom stereocenters. The van der Waals surface area contributed by atoms with Gasteiger partial charge in [0.2, 0.25) is 0 Å². The molecule has 25 heavy (non-hydrogen) atoms. The van der Waals surface area contributed by atoms with E-state index in [1.165, 1.54) is 7.11 Å². The first-order valence-corrected chi connectivity index (χ1v) is 7.62. The lowest BCUT2D eigenvalue weighted by Crippen LogP contribution is -2.20. The van der Waals surface area contributed by atoms with E-state index in [1.807, 2.05) is 24.3 Å². The average Bonchev–Trinajstić information content (AvgIpc) is 2.66. The molecule has 1 aromatic heterocycles. The fourth-order valence-electron chi connectivity index (χ4n) is 2.34. The second kappa shape index (κ2) is 7.44. The minimum atomic E-state index is -0.426. The molecule has 0 aliphatic rings. The van der Waals surface area contributed by atoms with Gasteiger partial charge in [-0.25, -0.2) is 4.79 Å². The van der Waals surface area contributed by atoms with Gasteiger partial charge in [-0.05, 0) is 36.4 Å². The van der Waals surface area contributed by atoms with Gasteiger partial charge in [-0.15, -0.1) is 0 Å². The summed E-state index contributed by atoms with van der Waals surface area (Å²) in [5.41, 5.74) is 1.69. The number of esters is 1. The third-order valence-electron chi connectivity index (χ3n) is 3.54. The van der Waals surface area contributed by atoms with E-state index in [2.05, 4.69) is 15.0 Å². The van der Waals surface area contributed by atoms with E-state index in [-0.39, 0.29) is 12.5 Å². The van der Waals surface area contributed by atoms with Crippen LogP contribution in [0.25, 0.3) is 10.9 Å². The number of methoxy groups -OCH3 is 1. The van der Waals surface area contributed by atoms with Gasteiger partial charge in [-0.1, -0.05) is 18.2 Å². The Balaban J connectivity index is 1.62. The van der Waals surface area contributed by atoms with Crippen molar-refractivity contribution in [2.75, 3.05) is 19.0 Å². The summed E-state index contributed by atoms with van der Waals surface area (Å²) in [6.45, 7) is -0.144. The Morgan fingerprint density at radius 2 is 1.80 bits per heavy atom. The van der Waals surface area contributed by atoms with Crippen LogP contribution in [0.5, 0.6) is 5.75 Å². The van der Waals surface area contributed by atoms with Crippen LogP contribution in [0.4, 0.5) is 5.69 Å². The van der Waals surface area contributed by atoms with Gasteiger partial charge in [0.1, 0.15) is 11.3 Å². The highest BCUT2D eigenvalue weighted by Crippen LogP contribution is 2.22. The van der Waals surface area contributed by atoms with E-state index in [0.717, 1.165) is 5.39 Å². The number of benzene rings is 2. The zero-order valence-corrected chi connectivity index (χ0v) is 13.6. The first-order chi connectivity index (χ1) is 12.2. The smallest absolute Gasteiger partial charge is 0.337 e. The van der Waals surface area contributed by atoms with Crippen LogP contribution in [-0.4, -0.2) is 30.6 Å². The Hall–Kier alpha value is -3.41. The maximum Gasteiger partial charge on any atom is 0.337 e. The molecule has 0 saturated heterocycles. The molecule has 6 nitrogen and oxygen atoms in total. The second-order valence-electron chi connectivity index (χ2n) is 5.24. The van der Waals surface area contributed by atoms with Crippen LogP contribution in [0, 0.1) is 0 Å². The Bertz CT molecular complexity index is 901. The number of hydrogen-bond donors (Lipinski definition) is 1. The van der Waals surface area contributed by atoms with Gasteiger partial charge in [-0.2, -0.15) is 0 Å². The third-order valence-corrected chi connectivity index (χ3v) is 3.54. The van der Waals surface area contributed by atoms with Gasteiger partial charge in [0.25, 0.3) is 5.91 Å². The van der Waals surface area contributed by atoms with Crippen LogP contribution >= 0.6 is 0 Å². The Kier molecular flexibility index (Phi) is 4.89. The summed E-state index contributed by atoms with van der Waals surface area (Å²) >= 11 is 0. The first kappa shape index (κ1) is 16.4. The van der Waals surface area contributed by atoms with Crippen LogP contribution in [0.1, 0.15) is 10.4 Å². The van der Waals surface area contributed by atoms with Crippen molar-refractivity contribution in [3.63, 3.8) is 0 Å². The Morgan fingerprint density at radius 3 is 2.56 bits per heavy atom. The predicted octanol–water partition coefficient (Wildman–Crippen LogP) is 3.04. The zero-order chi connectivity index (χ0) is 17.6. The molecule has 3 rings (SSSR count). The number of nitrogens with zero attached hydrogens (tertiary/aromatic N) is 1. The van der Waals surface area contributed by atoms with Crippen LogP contribution in [0.3, 0.4) is 0 Å². The monoisotopic (exact) mass is 336 g/mol. The standard InChI is InChI=1S/C19H16N2O4/c1-24-19(23)14-7-9-15(10-8-14)21-17(22)12-25-16-6-2-4-13-5-3-11-20-18(13)16/h2-11H,12H2,1H3,(H,21,22). The number of carbonyl (C=O) groups excluding carboxylic acids is 2. The van der Waals surface area contributed by atoms with Crippen molar-refractivity contribution < 1.29 is 19.1 Å². The molecule has 3 aromatic rings. The van der Waals surface area contributed by atoms with Gasteiger partial charge < -0.3 is 14.8 Å². The van der Waals surface area contributed by atoms with E-state index in [0.29, 0.717) is 22.5 Å². The summed E-state index contributed by atoms with van der Waals surface area (Å²) in [7, 11) is 1.32. The predicted molar refractivity (Wildman–Crippen MR) is 93.6 cm³/mol. The molecule has 126 valence electrons. The lowest BCUT2D eigenvalue weighted by molar-refractivity contribution is -0.118. The summed E-state index contributed by atoms with van der Waals surface area (Å²) in [5.74, 6) is -0.183. The number of hydrogen-bond acceptors (Lipinski definition) is 5. The number of aromatic nitrogens is 1. The Morgan fingerprint density at radius 1 is 1.04 bits per heavy atom. The summed E-state index contributed by atoms with van der Waals surface area (Å²) in [6.07, 6.45) is 1.68. The molecule has 0 unspecified atom stereocenters. The van der Waals surface area contributed by atoms with E-state index in [9.17, 15) is 9.59 Å². The SMILES string of the molecule is COC(=O)c1ccc(NC(=O)COc2cccc3cccnc23)cc1. The first-order valence-electron chi connectivity index (χ1n) is 7.62. The van der Waals surface area contributed by atoms with Gasteiger partial charge in [0.15, 0.2) is 6.61 Å². The molecule has 0 spiro atoms. The van der Waals surface area contributed by atoms with Gasteiger partial charge in [0, 0.05) is 17.3 Å². The molecule has 0 aliphatic carbocycles. The number of amides is 1. The van der Waals surface area contributed by atoms with Crippen molar-refractivity contribution in [3.8, 4) is 5.75 Å². The topological polar surface area (TPSA) is 77.5 Å². The van der Waals surface area contributed by atoms with E-state index >= 15 is 0 Å². The largest absolute Gasteiger partial charge is 0.481 e. The number of anilines is 1. The number of para-hydroxylation sites is 1. The van der Waals surface area contributed by atoms with Crippen molar-refractivity contribution >= 4 is 28.5 Å². The number of pyridine rings is 1. The highest BCUT2D eigenvalue weighted by Gasteiger charge is 2.08. The van der Waals surface area contributed by atoms with Crippen molar-refractivity contribution in [2.45, 2.75) is 0 Å². The lowest BCUT2D eigenvalue weighted by atomic mass is 10.2. The second-order valence-corrected chi connectivity index (χ2v) is 5.24. The van der Waals surface area contributed by atoms with Crippen molar-refractivity contribution in [1.82, 2.24) is 4.98 Å². The molecule has 0 saturated carbocycles. The summed E-state index contributed by atoms with van der Waals surface area (Å²) in [5, 5.41) is 3.65. The van der Waals surface area contributed by atoms with Gasteiger partial charge in [-0.3, -0.25) is 9.78 Å². The molecule has 6 heteroatoms. The van der Waals surface area contributed by atoms with Crippen LogP contribution < -0.4 is 10.1 Å². The minimum Gasteiger partial charge on any atom is -0.481 e. The molecule has 2 aromatic carbocycles. The zero-order valence-electron chi connectivity index (χ0n) is 13.6. The molecule has 0 bridgehead atoms. The molecule has 0 fully saturated rings. The molecular weight excluding hydrogens is 320 g/mol. The lowest BCUT2D eigenvalue weighted by Gasteiger charge is -2.09. The molecule has 0 aliphatic heterocycles. The highest BCUT2D eigenvalue weighted by molar-refractivity contribution is 5.94. The van der Waals surface area contributed by atoms with E-state index in [1.54, 1.807) is 36.5 Å². The number of fused-ring (bicyclic) bond motifs is 1. The van der Waals surface area contributed by atoms with E-state index in [4.69, 9.17) is 4.74 Å². The van der Waals surface area contributed by atoms with Crippen molar-refractivity contribution in [3.05, 3.63) is 66.4 Å². The normalized spacial score (nSPS) is 10.3. The van der Waals surface area contributed by atoms with Crippen LogP contribution in [0.2, 0.25) is 0 Å². The quantitative estimate of drug-likeness (QED) is 0.725. The van der Waals surface area contributed by atoms with Crippen molar-refractivity contribution in [1.29, 1.82) is 0 Å². The summed E-state index contributed by atoms with van der Waals surface area (Å²) in [4.78, 5) is 27.7. The average molecular weight is 336 g/mol. The summed E-state index contributed by atoms with van der Waals surface area (Å²) in [6, 6.07) is 15.7. The maximum absolute atomic E-state index is 12.0. The summed E-state index contributed by atoms with van der Waals surface area (Å²) < 4.78 is 10.2. The Labute approximate surface area is 144 Å². The fraction of sp³-hybridized carbons (Fsp3) is 0.105. The molecule has 1 heterocycles. The molecular formula is C19H16N2O4. The van der Waals surface area contributed by atoms with Gasteiger partial charge >= 0.3 is 5.97 Å². The highest BCUT2D eigenvalue weighted by atomic mass is 16.5. The number of nitrogens with one attached hydrogen (secondary N) is 1. The maximum atomic E-state index is 12.0. The third kappa shape index (κ3) is 3.92. The molecule has 1 N–H and O–H groups in total. The minimum absolute atomic E-state index is 0.144. The van der Waals surface area contributed by atoms with Crippen LogP contribution in [-0.2, 0) is 9.53 Å². The van der Waals surface area contributed by atoms with Crippen molar-refractivity contribution in [2.24, 2.45) is 0 Å². The van der Waals surface area contributed by atoms with E-state index < -0.39 is 5.97 Å². The molecule has 0 radical (unpaired) electrons. The number of rotatable bonds is 5. The fourth-order valence-corrected chi connectivity index (χ4v) is 2.34. The van der Waals surface area contributed by atoms with Gasteiger partial charge in [0.05, 0.1) is 12.7 Å². The number of ether oxygens (including phenoxy) is 2. The van der Waals surface area contributed by atoms with Crippen LogP contribution in [0.15, 0.2) is 60.8 Å². The molecule has 1 amide bonds.